The van der Waals surface area contributed by atoms with Crippen molar-refractivity contribution in [2.45, 2.75) is 39.7 Å². The lowest BCUT2D eigenvalue weighted by Gasteiger charge is -2.16. The monoisotopic (exact) mass is 327 g/mol. The highest BCUT2D eigenvalue weighted by molar-refractivity contribution is 5.94. The van der Waals surface area contributed by atoms with Gasteiger partial charge in [0.15, 0.2) is 6.10 Å². The van der Waals surface area contributed by atoms with E-state index in [-0.39, 0.29) is 5.91 Å². The Labute approximate surface area is 143 Å². The van der Waals surface area contributed by atoms with E-state index in [1.165, 1.54) is 0 Å². The van der Waals surface area contributed by atoms with Gasteiger partial charge in [0.05, 0.1) is 6.61 Å². The van der Waals surface area contributed by atoms with Gasteiger partial charge in [0, 0.05) is 11.8 Å². The first-order valence-electron chi connectivity index (χ1n) is 8.36. The molecule has 2 rings (SSSR count). The van der Waals surface area contributed by atoms with E-state index < -0.39 is 6.10 Å². The third kappa shape index (κ3) is 5.30. The lowest BCUT2D eigenvalue weighted by atomic mass is 10.2. The third-order valence-corrected chi connectivity index (χ3v) is 3.63. The lowest BCUT2D eigenvalue weighted by Crippen LogP contribution is -2.30. The molecule has 2 aromatic carbocycles. The quantitative estimate of drug-likeness (QED) is 0.722. The standard InChI is InChI=1S/C20H25NO3/c1-4-5-13-23-18-11-8-10-17(14-18)21-20(22)16(3)24-19-12-7-6-9-15(19)2/h6-12,14,16H,4-5,13H2,1-3H3,(H,21,22). The molecule has 128 valence electrons. The molecule has 0 aromatic heterocycles. The van der Waals surface area contributed by atoms with E-state index in [2.05, 4.69) is 12.2 Å². The first kappa shape index (κ1) is 17.9. The Morgan fingerprint density at radius 2 is 1.96 bits per heavy atom. The molecular weight excluding hydrogens is 302 g/mol. The fourth-order valence-electron chi connectivity index (χ4n) is 2.17. The first-order valence-corrected chi connectivity index (χ1v) is 8.36. The van der Waals surface area contributed by atoms with E-state index in [0.717, 1.165) is 29.9 Å². The predicted molar refractivity (Wildman–Crippen MR) is 96.7 cm³/mol. The van der Waals surface area contributed by atoms with Crippen molar-refractivity contribution in [3.05, 3.63) is 54.1 Å². The zero-order chi connectivity index (χ0) is 17.4. The Kier molecular flexibility index (Phi) is 6.67. The lowest BCUT2D eigenvalue weighted by molar-refractivity contribution is -0.122. The van der Waals surface area contributed by atoms with Gasteiger partial charge in [-0.1, -0.05) is 37.6 Å². The minimum absolute atomic E-state index is 0.191. The van der Waals surface area contributed by atoms with Crippen molar-refractivity contribution < 1.29 is 14.3 Å². The summed E-state index contributed by atoms with van der Waals surface area (Å²) in [6.45, 7) is 6.50. The van der Waals surface area contributed by atoms with Crippen LogP contribution in [0.15, 0.2) is 48.5 Å². The van der Waals surface area contributed by atoms with Gasteiger partial charge >= 0.3 is 0 Å². The average molecular weight is 327 g/mol. The van der Waals surface area contributed by atoms with Crippen LogP contribution < -0.4 is 14.8 Å². The highest BCUT2D eigenvalue weighted by atomic mass is 16.5. The predicted octanol–water partition coefficient (Wildman–Crippen LogP) is 4.58. The van der Waals surface area contributed by atoms with E-state index in [4.69, 9.17) is 9.47 Å². The second kappa shape index (κ2) is 8.96. The molecule has 0 fully saturated rings. The molecule has 1 unspecified atom stereocenters. The van der Waals surface area contributed by atoms with Crippen LogP contribution in [-0.4, -0.2) is 18.6 Å². The summed E-state index contributed by atoms with van der Waals surface area (Å²) >= 11 is 0. The number of benzene rings is 2. The molecule has 0 bridgehead atoms. The summed E-state index contributed by atoms with van der Waals surface area (Å²) in [5, 5.41) is 2.87. The number of rotatable bonds is 8. The minimum atomic E-state index is -0.587. The summed E-state index contributed by atoms with van der Waals surface area (Å²) in [6, 6.07) is 15.1. The number of ether oxygens (including phenoxy) is 2. The van der Waals surface area contributed by atoms with Crippen LogP contribution in [-0.2, 0) is 4.79 Å². The highest BCUT2D eigenvalue weighted by Gasteiger charge is 2.15. The van der Waals surface area contributed by atoms with Gasteiger partial charge in [0.25, 0.3) is 5.91 Å². The summed E-state index contributed by atoms with van der Waals surface area (Å²) in [5.74, 6) is 1.29. The minimum Gasteiger partial charge on any atom is -0.494 e. The Morgan fingerprint density at radius 1 is 1.17 bits per heavy atom. The molecule has 4 nitrogen and oxygen atoms in total. The van der Waals surface area contributed by atoms with E-state index in [9.17, 15) is 4.79 Å². The van der Waals surface area contributed by atoms with E-state index >= 15 is 0 Å². The van der Waals surface area contributed by atoms with Crippen LogP contribution in [0.1, 0.15) is 32.3 Å². The van der Waals surface area contributed by atoms with Gasteiger partial charge in [-0.15, -0.1) is 0 Å². The van der Waals surface area contributed by atoms with Crippen molar-refractivity contribution in [3.8, 4) is 11.5 Å². The van der Waals surface area contributed by atoms with Crippen LogP contribution in [0, 0.1) is 6.92 Å². The number of carbonyl (C=O) groups excluding carboxylic acids is 1. The molecule has 1 amide bonds. The molecule has 4 heteroatoms. The summed E-state index contributed by atoms with van der Waals surface area (Å²) in [7, 11) is 0. The Bertz CT molecular complexity index is 669. The second-order valence-electron chi connectivity index (χ2n) is 5.74. The molecule has 1 N–H and O–H groups in total. The molecule has 0 saturated heterocycles. The SMILES string of the molecule is CCCCOc1cccc(NC(=O)C(C)Oc2ccccc2C)c1. The number of amides is 1. The topological polar surface area (TPSA) is 47.6 Å². The Balaban J connectivity index is 1.93. The van der Waals surface area contributed by atoms with Crippen LogP contribution in [0.5, 0.6) is 11.5 Å². The fourth-order valence-corrected chi connectivity index (χ4v) is 2.17. The van der Waals surface area contributed by atoms with Crippen LogP contribution >= 0.6 is 0 Å². The molecule has 0 heterocycles. The van der Waals surface area contributed by atoms with Crippen LogP contribution in [0.25, 0.3) is 0 Å². The van der Waals surface area contributed by atoms with Gasteiger partial charge in [0.2, 0.25) is 0 Å². The molecule has 0 saturated carbocycles. The molecular formula is C20H25NO3. The van der Waals surface area contributed by atoms with E-state index in [0.29, 0.717) is 12.3 Å². The van der Waals surface area contributed by atoms with Gasteiger partial charge in [-0.2, -0.15) is 0 Å². The van der Waals surface area contributed by atoms with Crippen LogP contribution in [0.4, 0.5) is 5.69 Å². The summed E-state index contributed by atoms with van der Waals surface area (Å²) < 4.78 is 11.4. The molecule has 2 aromatic rings. The van der Waals surface area contributed by atoms with Crippen LogP contribution in [0.2, 0.25) is 0 Å². The first-order chi connectivity index (χ1) is 11.6. The number of para-hydroxylation sites is 1. The van der Waals surface area contributed by atoms with Crippen LogP contribution in [0.3, 0.4) is 0 Å². The smallest absolute Gasteiger partial charge is 0.265 e. The number of hydrogen-bond acceptors (Lipinski definition) is 3. The molecule has 0 aliphatic carbocycles. The average Bonchev–Trinajstić information content (AvgIpc) is 2.57. The number of carbonyl (C=O) groups is 1. The van der Waals surface area contributed by atoms with Crippen molar-refractivity contribution in [3.63, 3.8) is 0 Å². The zero-order valence-corrected chi connectivity index (χ0v) is 14.5. The highest BCUT2D eigenvalue weighted by Crippen LogP contribution is 2.20. The number of nitrogens with one attached hydrogen (secondary N) is 1. The molecule has 0 aliphatic rings. The Hall–Kier alpha value is -2.49. The van der Waals surface area contributed by atoms with Gasteiger partial charge < -0.3 is 14.8 Å². The summed E-state index contributed by atoms with van der Waals surface area (Å²) in [4.78, 5) is 12.3. The van der Waals surface area contributed by atoms with Gasteiger partial charge in [-0.05, 0) is 44.0 Å². The third-order valence-electron chi connectivity index (χ3n) is 3.63. The van der Waals surface area contributed by atoms with Crippen molar-refractivity contribution >= 4 is 11.6 Å². The van der Waals surface area contributed by atoms with E-state index in [1.54, 1.807) is 6.92 Å². The number of unbranched alkanes of at least 4 members (excludes halogenated alkanes) is 1. The van der Waals surface area contributed by atoms with Gasteiger partial charge in [0.1, 0.15) is 11.5 Å². The van der Waals surface area contributed by atoms with E-state index in [1.807, 2.05) is 55.5 Å². The summed E-state index contributed by atoms with van der Waals surface area (Å²) in [5.41, 5.74) is 1.71. The maximum absolute atomic E-state index is 12.3. The van der Waals surface area contributed by atoms with Crippen molar-refractivity contribution in [2.75, 3.05) is 11.9 Å². The van der Waals surface area contributed by atoms with Crippen molar-refractivity contribution in [1.29, 1.82) is 0 Å². The maximum Gasteiger partial charge on any atom is 0.265 e. The number of anilines is 1. The summed E-state index contributed by atoms with van der Waals surface area (Å²) in [6.07, 6.45) is 1.51. The molecule has 1 atom stereocenters. The molecule has 0 aliphatic heterocycles. The van der Waals surface area contributed by atoms with Crippen molar-refractivity contribution in [2.24, 2.45) is 0 Å². The largest absolute Gasteiger partial charge is 0.494 e. The van der Waals surface area contributed by atoms with Gasteiger partial charge in [-0.3, -0.25) is 4.79 Å². The zero-order valence-electron chi connectivity index (χ0n) is 14.5. The van der Waals surface area contributed by atoms with Gasteiger partial charge in [-0.25, -0.2) is 0 Å². The number of aryl methyl sites for hydroxylation is 1. The normalized spacial score (nSPS) is 11.6. The fraction of sp³-hybridized carbons (Fsp3) is 0.350. The molecule has 0 spiro atoms. The molecule has 0 radical (unpaired) electrons. The maximum atomic E-state index is 12.3. The Morgan fingerprint density at radius 3 is 2.71 bits per heavy atom. The second-order valence-corrected chi connectivity index (χ2v) is 5.74. The van der Waals surface area contributed by atoms with Crippen molar-refractivity contribution in [1.82, 2.24) is 0 Å². The number of hydrogen-bond donors (Lipinski definition) is 1. The molecule has 24 heavy (non-hydrogen) atoms.